The third kappa shape index (κ3) is 3.51. The second-order valence-corrected chi connectivity index (χ2v) is 8.60. The van der Waals surface area contributed by atoms with Crippen LogP contribution in [0.2, 0.25) is 0 Å². The first kappa shape index (κ1) is 19.5. The minimum absolute atomic E-state index is 0.768. The largest absolute Gasteiger partial charge is 0.333 e. The highest BCUT2D eigenvalue weighted by atomic mass is 15.3. The highest BCUT2D eigenvalue weighted by Gasteiger charge is 2.17. The van der Waals surface area contributed by atoms with Crippen LogP contribution in [0.4, 0.5) is 0 Å². The van der Waals surface area contributed by atoms with Crippen LogP contribution in [0.15, 0.2) is 48.7 Å². The van der Waals surface area contributed by atoms with E-state index in [9.17, 15) is 0 Å². The average Bonchev–Trinajstić information content (AvgIpc) is 3.38. The molecular formula is C24H27N7. The normalized spacial score (nSPS) is 11.9. The van der Waals surface area contributed by atoms with Crippen LogP contribution in [0.3, 0.4) is 0 Å². The van der Waals surface area contributed by atoms with Gasteiger partial charge in [0.15, 0.2) is 5.65 Å². The summed E-state index contributed by atoms with van der Waals surface area (Å²) in [6, 6.07) is 15.3. The maximum absolute atomic E-state index is 4.69. The summed E-state index contributed by atoms with van der Waals surface area (Å²) < 4.78 is 6.32. The maximum Gasteiger partial charge on any atom is 0.161 e. The van der Waals surface area contributed by atoms with Crippen molar-refractivity contribution in [2.45, 2.75) is 26.9 Å². The lowest BCUT2D eigenvalue weighted by Gasteiger charge is -2.14. The number of fused-ring (bicyclic) bond motifs is 3. The number of aromatic nitrogens is 6. The molecule has 158 valence electrons. The van der Waals surface area contributed by atoms with Crippen molar-refractivity contribution in [3.8, 4) is 11.4 Å². The van der Waals surface area contributed by atoms with E-state index in [0.29, 0.717) is 0 Å². The zero-order valence-corrected chi connectivity index (χ0v) is 18.7. The standard InChI is InChI=1S/C24H27N7/c1-16-10-18(14-28(3)4)12-19(11-16)15-30-21-6-7-24-26-25-17(2)31(24)23(21)13-22(30)20-8-9-29(5)27-20/h6-13H,14-15H2,1-5H3. The van der Waals surface area contributed by atoms with Gasteiger partial charge in [0, 0.05) is 26.3 Å². The molecule has 0 fully saturated rings. The predicted octanol–water partition coefficient (Wildman–Crippen LogP) is 3.81. The third-order valence-electron chi connectivity index (χ3n) is 5.61. The van der Waals surface area contributed by atoms with Crippen LogP contribution < -0.4 is 0 Å². The predicted molar refractivity (Wildman–Crippen MR) is 123 cm³/mol. The van der Waals surface area contributed by atoms with Crippen molar-refractivity contribution >= 4 is 16.7 Å². The molecule has 5 aromatic rings. The summed E-state index contributed by atoms with van der Waals surface area (Å²) in [5, 5.41) is 13.3. The molecule has 0 N–H and O–H groups in total. The zero-order valence-electron chi connectivity index (χ0n) is 18.7. The van der Waals surface area contributed by atoms with E-state index >= 15 is 0 Å². The Bertz CT molecular complexity index is 1400. The van der Waals surface area contributed by atoms with E-state index in [1.165, 1.54) is 16.7 Å². The quantitative estimate of drug-likeness (QED) is 0.440. The molecule has 0 bridgehead atoms. The molecule has 0 amide bonds. The lowest BCUT2D eigenvalue weighted by Crippen LogP contribution is -2.11. The highest BCUT2D eigenvalue weighted by molar-refractivity contribution is 5.86. The van der Waals surface area contributed by atoms with Crippen LogP contribution in [0.5, 0.6) is 0 Å². The molecule has 4 aromatic heterocycles. The molecule has 0 aliphatic heterocycles. The van der Waals surface area contributed by atoms with E-state index in [2.05, 4.69) is 81.5 Å². The first-order valence-corrected chi connectivity index (χ1v) is 10.5. The minimum atomic E-state index is 0.768. The van der Waals surface area contributed by atoms with E-state index in [1.807, 2.05) is 30.9 Å². The van der Waals surface area contributed by atoms with Gasteiger partial charge < -0.3 is 9.47 Å². The fraction of sp³-hybridized carbons (Fsp3) is 0.292. The Labute approximate surface area is 181 Å². The van der Waals surface area contributed by atoms with Gasteiger partial charge in [-0.15, -0.1) is 10.2 Å². The highest BCUT2D eigenvalue weighted by Crippen LogP contribution is 2.30. The molecule has 7 nitrogen and oxygen atoms in total. The maximum atomic E-state index is 4.69. The summed E-state index contributed by atoms with van der Waals surface area (Å²) in [7, 11) is 6.16. The van der Waals surface area contributed by atoms with Gasteiger partial charge in [-0.2, -0.15) is 5.10 Å². The van der Waals surface area contributed by atoms with Crippen LogP contribution in [0.25, 0.3) is 28.1 Å². The minimum Gasteiger partial charge on any atom is -0.333 e. The van der Waals surface area contributed by atoms with Crippen molar-refractivity contribution in [1.82, 2.24) is 33.8 Å². The average molecular weight is 414 g/mol. The Morgan fingerprint density at radius 3 is 2.45 bits per heavy atom. The van der Waals surface area contributed by atoms with Crippen LogP contribution >= 0.6 is 0 Å². The van der Waals surface area contributed by atoms with Gasteiger partial charge in [0.05, 0.1) is 16.7 Å². The van der Waals surface area contributed by atoms with E-state index in [-0.39, 0.29) is 0 Å². The molecular weight excluding hydrogens is 386 g/mol. The molecule has 0 aliphatic carbocycles. The monoisotopic (exact) mass is 413 g/mol. The topological polar surface area (TPSA) is 56.2 Å². The van der Waals surface area contributed by atoms with E-state index in [4.69, 9.17) is 5.10 Å². The lowest BCUT2D eigenvalue weighted by molar-refractivity contribution is 0.402. The van der Waals surface area contributed by atoms with Crippen LogP contribution in [0, 0.1) is 13.8 Å². The first-order chi connectivity index (χ1) is 14.9. The summed E-state index contributed by atoms with van der Waals surface area (Å²) in [6.07, 6.45) is 1.98. The molecule has 0 spiro atoms. The van der Waals surface area contributed by atoms with E-state index in [0.717, 1.165) is 47.0 Å². The Morgan fingerprint density at radius 1 is 0.903 bits per heavy atom. The SMILES string of the molecule is Cc1cc(CN(C)C)cc(Cn2c(-c3ccn(C)n3)cc3c2ccc2nnc(C)n23)c1. The zero-order chi connectivity index (χ0) is 21.7. The van der Waals surface area contributed by atoms with Crippen molar-refractivity contribution in [2.75, 3.05) is 14.1 Å². The van der Waals surface area contributed by atoms with Gasteiger partial charge in [-0.25, -0.2) is 0 Å². The van der Waals surface area contributed by atoms with Crippen LogP contribution in [-0.4, -0.2) is 47.9 Å². The summed E-state index contributed by atoms with van der Waals surface area (Å²) >= 11 is 0. The third-order valence-corrected chi connectivity index (χ3v) is 5.61. The second-order valence-electron chi connectivity index (χ2n) is 8.60. The van der Waals surface area contributed by atoms with Gasteiger partial charge >= 0.3 is 0 Å². The first-order valence-electron chi connectivity index (χ1n) is 10.5. The van der Waals surface area contributed by atoms with Crippen molar-refractivity contribution in [2.24, 2.45) is 7.05 Å². The van der Waals surface area contributed by atoms with Gasteiger partial charge in [0.2, 0.25) is 0 Å². The number of nitrogens with zero attached hydrogens (tertiary/aromatic N) is 7. The molecule has 5 rings (SSSR count). The molecule has 0 radical (unpaired) electrons. The van der Waals surface area contributed by atoms with Crippen molar-refractivity contribution in [3.63, 3.8) is 0 Å². The Morgan fingerprint density at radius 2 is 1.71 bits per heavy atom. The number of hydrogen-bond acceptors (Lipinski definition) is 4. The Kier molecular flexibility index (Phi) is 4.63. The molecule has 4 heterocycles. The fourth-order valence-electron chi connectivity index (χ4n) is 4.45. The van der Waals surface area contributed by atoms with Gasteiger partial charge in [-0.1, -0.05) is 23.8 Å². The van der Waals surface area contributed by atoms with Gasteiger partial charge in [0.25, 0.3) is 0 Å². The Hall–Kier alpha value is -3.45. The molecule has 1 aromatic carbocycles. The van der Waals surface area contributed by atoms with Crippen LogP contribution in [0.1, 0.15) is 22.5 Å². The van der Waals surface area contributed by atoms with Crippen molar-refractivity contribution in [3.05, 3.63) is 71.2 Å². The molecule has 7 heteroatoms. The molecule has 0 aliphatic rings. The number of pyridine rings is 1. The van der Waals surface area contributed by atoms with Crippen LogP contribution in [-0.2, 0) is 20.1 Å². The number of benzene rings is 1. The molecule has 31 heavy (non-hydrogen) atoms. The van der Waals surface area contributed by atoms with Gasteiger partial charge in [-0.05, 0) is 63.3 Å². The summed E-state index contributed by atoms with van der Waals surface area (Å²) in [6.45, 7) is 5.85. The van der Waals surface area contributed by atoms with Crippen molar-refractivity contribution < 1.29 is 0 Å². The van der Waals surface area contributed by atoms with Gasteiger partial charge in [0.1, 0.15) is 11.5 Å². The van der Waals surface area contributed by atoms with E-state index < -0.39 is 0 Å². The smallest absolute Gasteiger partial charge is 0.161 e. The van der Waals surface area contributed by atoms with Gasteiger partial charge in [-0.3, -0.25) is 9.08 Å². The molecule has 0 saturated carbocycles. The van der Waals surface area contributed by atoms with Crippen molar-refractivity contribution in [1.29, 1.82) is 0 Å². The molecule has 0 unspecified atom stereocenters. The second kappa shape index (κ2) is 7.35. The molecule has 0 atom stereocenters. The van der Waals surface area contributed by atoms with E-state index in [1.54, 1.807) is 0 Å². The summed E-state index contributed by atoms with van der Waals surface area (Å²) in [4.78, 5) is 2.20. The number of aryl methyl sites for hydroxylation is 3. The lowest BCUT2D eigenvalue weighted by atomic mass is 10.1. The molecule has 0 saturated heterocycles. The number of rotatable bonds is 5. The summed E-state index contributed by atoms with van der Waals surface area (Å²) in [5.41, 5.74) is 9.04. The number of hydrogen-bond donors (Lipinski definition) is 0. The Balaban J connectivity index is 1.71. The fourth-order valence-corrected chi connectivity index (χ4v) is 4.45. The summed E-state index contributed by atoms with van der Waals surface area (Å²) in [5.74, 6) is 0.883.